The molecule has 0 unspecified atom stereocenters. The molecule has 25 heavy (non-hydrogen) atoms. The van der Waals surface area contributed by atoms with E-state index < -0.39 is 5.91 Å². The largest absolute Gasteiger partial charge is 0.347 e. The third kappa shape index (κ3) is 5.62. The molecule has 2 aromatic rings. The van der Waals surface area contributed by atoms with Gasteiger partial charge in [0.05, 0.1) is 0 Å². The van der Waals surface area contributed by atoms with Gasteiger partial charge in [-0.1, -0.05) is 53.5 Å². The molecule has 0 saturated carbocycles. The van der Waals surface area contributed by atoms with Gasteiger partial charge >= 0.3 is 0 Å². The molecule has 0 bridgehead atoms. The van der Waals surface area contributed by atoms with E-state index in [1.54, 1.807) is 24.3 Å². The van der Waals surface area contributed by atoms with Gasteiger partial charge in [0.15, 0.2) is 0 Å². The van der Waals surface area contributed by atoms with Gasteiger partial charge < -0.3 is 10.6 Å². The molecule has 2 amide bonds. The number of carbonyl (C=O) groups is 2. The molecule has 0 heterocycles. The van der Waals surface area contributed by atoms with Crippen molar-refractivity contribution in [3.05, 3.63) is 74.9 Å². The van der Waals surface area contributed by atoms with Crippen LogP contribution in [0.4, 0.5) is 0 Å². The first-order chi connectivity index (χ1) is 11.9. The van der Waals surface area contributed by atoms with Gasteiger partial charge in [0, 0.05) is 23.5 Å². The topological polar surface area (TPSA) is 58.2 Å². The van der Waals surface area contributed by atoms with E-state index in [0.29, 0.717) is 10.0 Å². The van der Waals surface area contributed by atoms with Crippen molar-refractivity contribution in [2.45, 2.75) is 20.4 Å². The van der Waals surface area contributed by atoms with Gasteiger partial charge in [0.25, 0.3) is 5.91 Å². The van der Waals surface area contributed by atoms with Crippen LogP contribution in [0.3, 0.4) is 0 Å². The first-order valence-corrected chi connectivity index (χ1v) is 8.39. The minimum atomic E-state index is -0.399. The third-order valence-electron chi connectivity index (χ3n) is 3.50. The molecular formula is C19H18Cl2N2O2. The number of benzene rings is 2. The summed E-state index contributed by atoms with van der Waals surface area (Å²) in [4.78, 5) is 23.9. The summed E-state index contributed by atoms with van der Waals surface area (Å²) >= 11 is 12.0. The zero-order chi connectivity index (χ0) is 18.4. The summed E-state index contributed by atoms with van der Waals surface area (Å²) in [6, 6.07) is 12.6. The van der Waals surface area contributed by atoms with Crippen molar-refractivity contribution in [2.75, 3.05) is 0 Å². The normalized spacial score (nSPS) is 11.1. The highest BCUT2D eigenvalue weighted by Gasteiger charge is 2.12. The van der Waals surface area contributed by atoms with Gasteiger partial charge in [-0.05, 0) is 41.8 Å². The molecule has 2 rings (SSSR count). The van der Waals surface area contributed by atoms with Crippen molar-refractivity contribution in [3.8, 4) is 0 Å². The first-order valence-electron chi connectivity index (χ1n) is 7.64. The minimum Gasteiger partial charge on any atom is -0.347 e. The molecule has 0 atom stereocenters. The van der Waals surface area contributed by atoms with Crippen LogP contribution in [0.15, 0.2) is 48.2 Å². The number of aryl methyl sites for hydroxylation is 1. The molecule has 0 aliphatic carbocycles. The summed E-state index contributed by atoms with van der Waals surface area (Å²) in [6.45, 7) is 3.51. The van der Waals surface area contributed by atoms with Gasteiger partial charge in [0.1, 0.15) is 5.70 Å². The number of carbonyl (C=O) groups excluding carboxylic acids is 2. The van der Waals surface area contributed by atoms with Crippen molar-refractivity contribution in [1.82, 2.24) is 10.6 Å². The van der Waals surface area contributed by atoms with Crippen molar-refractivity contribution in [1.29, 1.82) is 0 Å². The molecule has 0 aliphatic heterocycles. The zero-order valence-corrected chi connectivity index (χ0v) is 15.4. The minimum absolute atomic E-state index is 0.173. The Hall–Kier alpha value is -2.30. The molecular weight excluding hydrogens is 359 g/mol. The fourth-order valence-corrected chi connectivity index (χ4v) is 2.66. The molecule has 0 spiro atoms. The van der Waals surface area contributed by atoms with E-state index in [4.69, 9.17) is 23.2 Å². The number of hydrogen-bond donors (Lipinski definition) is 2. The van der Waals surface area contributed by atoms with E-state index >= 15 is 0 Å². The van der Waals surface area contributed by atoms with Gasteiger partial charge in [-0.15, -0.1) is 0 Å². The number of hydrogen-bond acceptors (Lipinski definition) is 2. The average molecular weight is 377 g/mol. The van der Waals surface area contributed by atoms with E-state index in [1.165, 1.54) is 6.92 Å². The van der Waals surface area contributed by atoms with Gasteiger partial charge in [-0.3, -0.25) is 9.59 Å². The Bertz CT molecular complexity index is 832. The van der Waals surface area contributed by atoms with Crippen LogP contribution in [0.5, 0.6) is 0 Å². The Kier molecular flexibility index (Phi) is 6.62. The molecule has 0 aliphatic rings. The molecule has 4 nitrogen and oxygen atoms in total. The van der Waals surface area contributed by atoms with Crippen molar-refractivity contribution in [2.24, 2.45) is 0 Å². The molecule has 0 radical (unpaired) electrons. The van der Waals surface area contributed by atoms with E-state index in [-0.39, 0.29) is 18.1 Å². The monoisotopic (exact) mass is 376 g/mol. The lowest BCUT2D eigenvalue weighted by molar-refractivity contribution is -0.122. The molecule has 0 fully saturated rings. The lowest BCUT2D eigenvalue weighted by Crippen LogP contribution is -2.33. The van der Waals surface area contributed by atoms with E-state index in [2.05, 4.69) is 10.6 Å². The highest BCUT2D eigenvalue weighted by Crippen LogP contribution is 2.20. The van der Waals surface area contributed by atoms with Crippen LogP contribution < -0.4 is 10.6 Å². The number of nitrogens with one attached hydrogen (secondary N) is 2. The maximum absolute atomic E-state index is 12.5. The summed E-state index contributed by atoms with van der Waals surface area (Å²) in [5.74, 6) is -0.719. The van der Waals surface area contributed by atoms with Crippen LogP contribution >= 0.6 is 23.2 Å². The molecule has 2 N–H and O–H groups in total. The smallest absolute Gasteiger partial charge is 0.268 e. The van der Waals surface area contributed by atoms with Gasteiger partial charge in [-0.25, -0.2) is 0 Å². The standard InChI is InChI=1S/C19H18Cl2N2O2/c1-12-5-3-4-6-14(12)9-18(23-13(2)24)19(25)22-11-15-7-8-16(20)10-17(15)21/h3-10H,11H2,1-2H3,(H,22,25)(H,23,24)/b18-9-. The fraction of sp³-hybridized carbons (Fsp3) is 0.158. The van der Waals surface area contributed by atoms with Gasteiger partial charge in [-0.2, -0.15) is 0 Å². The third-order valence-corrected chi connectivity index (χ3v) is 4.09. The molecule has 2 aromatic carbocycles. The maximum Gasteiger partial charge on any atom is 0.268 e. The highest BCUT2D eigenvalue weighted by atomic mass is 35.5. The highest BCUT2D eigenvalue weighted by molar-refractivity contribution is 6.35. The van der Waals surface area contributed by atoms with Crippen LogP contribution in [0, 0.1) is 6.92 Å². The second-order valence-electron chi connectivity index (χ2n) is 5.51. The number of rotatable bonds is 5. The van der Waals surface area contributed by atoms with Crippen molar-refractivity contribution >= 4 is 41.1 Å². The lowest BCUT2D eigenvalue weighted by Gasteiger charge is -2.11. The number of halogens is 2. The van der Waals surface area contributed by atoms with Crippen LogP contribution in [0.2, 0.25) is 10.0 Å². The van der Waals surface area contributed by atoms with Crippen LogP contribution in [0.1, 0.15) is 23.6 Å². The lowest BCUT2D eigenvalue weighted by atomic mass is 10.1. The van der Waals surface area contributed by atoms with Crippen molar-refractivity contribution < 1.29 is 9.59 Å². The zero-order valence-electron chi connectivity index (χ0n) is 13.9. The Labute approximate surface area is 156 Å². The van der Waals surface area contributed by atoms with Gasteiger partial charge in [0.2, 0.25) is 5.91 Å². The van der Waals surface area contributed by atoms with Crippen molar-refractivity contribution in [3.63, 3.8) is 0 Å². The van der Waals surface area contributed by atoms with Crippen LogP contribution in [-0.4, -0.2) is 11.8 Å². The predicted molar refractivity (Wildman–Crippen MR) is 101 cm³/mol. The predicted octanol–water partition coefficient (Wildman–Crippen LogP) is 4.10. The maximum atomic E-state index is 12.5. The van der Waals surface area contributed by atoms with Crippen LogP contribution in [-0.2, 0) is 16.1 Å². The quantitative estimate of drug-likeness (QED) is 0.771. The summed E-state index contributed by atoms with van der Waals surface area (Å²) in [7, 11) is 0. The van der Waals surface area contributed by atoms with Crippen LogP contribution in [0.25, 0.3) is 6.08 Å². The second-order valence-corrected chi connectivity index (χ2v) is 6.36. The van der Waals surface area contributed by atoms with E-state index in [0.717, 1.165) is 16.7 Å². The Morgan fingerprint density at radius 1 is 1.12 bits per heavy atom. The summed E-state index contributed by atoms with van der Waals surface area (Å²) < 4.78 is 0. The summed E-state index contributed by atoms with van der Waals surface area (Å²) in [6.07, 6.45) is 1.65. The Balaban J connectivity index is 2.18. The molecule has 0 aromatic heterocycles. The summed E-state index contributed by atoms with van der Waals surface area (Å²) in [5.41, 5.74) is 2.76. The molecule has 0 saturated heterocycles. The molecule has 130 valence electrons. The SMILES string of the molecule is CC(=O)N/C(=C\c1ccccc1C)C(=O)NCc1ccc(Cl)cc1Cl. The fourth-order valence-electron chi connectivity index (χ4n) is 2.19. The summed E-state index contributed by atoms with van der Waals surface area (Å²) in [5, 5.41) is 6.32. The van der Waals surface area contributed by atoms with E-state index in [1.807, 2.05) is 31.2 Å². The first kappa shape index (κ1) is 19.0. The Morgan fingerprint density at radius 2 is 1.84 bits per heavy atom. The van der Waals surface area contributed by atoms with E-state index in [9.17, 15) is 9.59 Å². The molecule has 6 heteroatoms. The average Bonchev–Trinajstić information content (AvgIpc) is 2.54. The second kappa shape index (κ2) is 8.70. The Morgan fingerprint density at radius 3 is 2.48 bits per heavy atom. The number of amides is 2.